The molecule has 0 radical (unpaired) electrons. The number of aromatic nitrogens is 6. The molecule has 0 spiro atoms. The lowest BCUT2D eigenvalue weighted by atomic mass is 10.0. The smallest absolute Gasteiger partial charge is 0.229 e. The molecule has 47 heavy (non-hydrogen) atoms. The second-order valence-corrected chi connectivity index (χ2v) is 16.4. The quantitative estimate of drug-likeness (QED) is 0.199. The van der Waals surface area contributed by atoms with Crippen LogP contribution in [-0.2, 0) is 18.0 Å². The van der Waals surface area contributed by atoms with E-state index in [9.17, 15) is 4.57 Å². The zero-order chi connectivity index (χ0) is 32.9. The van der Waals surface area contributed by atoms with Gasteiger partial charge in [0.25, 0.3) is 0 Å². The molecule has 7 rings (SSSR count). The topological polar surface area (TPSA) is 126 Å². The van der Waals surface area contributed by atoms with E-state index in [2.05, 4.69) is 89.4 Å². The summed E-state index contributed by atoms with van der Waals surface area (Å²) in [5.74, 6) is 1.59. The highest BCUT2D eigenvalue weighted by Crippen LogP contribution is 2.50. The molecule has 0 atom stereocenters. The predicted molar refractivity (Wildman–Crippen MR) is 192 cm³/mol. The highest BCUT2D eigenvalue weighted by Gasteiger charge is 2.34. The number of hydrogen-bond donors (Lipinski definition) is 2. The summed E-state index contributed by atoms with van der Waals surface area (Å²) in [4.78, 5) is 23.2. The van der Waals surface area contributed by atoms with Crippen LogP contribution in [0.25, 0.3) is 22.2 Å². The molecule has 1 saturated heterocycles. The van der Waals surface area contributed by atoms with E-state index < -0.39 is 7.14 Å². The van der Waals surface area contributed by atoms with E-state index in [4.69, 9.17) is 9.72 Å². The average Bonchev–Trinajstić information content (AvgIpc) is 3.34. The summed E-state index contributed by atoms with van der Waals surface area (Å²) in [5, 5.41) is 12.2. The van der Waals surface area contributed by atoms with Gasteiger partial charge in [-0.25, -0.2) is 4.98 Å². The third kappa shape index (κ3) is 5.85. The van der Waals surface area contributed by atoms with Gasteiger partial charge in [-0.15, -0.1) is 0 Å². The molecule has 0 amide bonds. The number of halogens is 1. The molecule has 244 valence electrons. The number of hydrogen-bond acceptors (Lipinski definition) is 11. The van der Waals surface area contributed by atoms with Crippen molar-refractivity contribution in [2.75, 3.05) is 61.6 Å². The fourth-order valence-corrected chi connectivity index (χ4v) is 9.98. The molecule has 14 heteroatoms. The van der Waals surface area contributed by atoms with Crippen LogP contribution in [0.1, 0.15) is 19.5 Å². The van der Waals surface area contributed by atoms with Crippen LogP contribution in [0.4, 0.5) is 28.8 Å². The van der Waals surface area contributed by atoms with Crippen molar-refractivity contribution in [3.05, 3.63) is 59.2 Å². The van der Waals surface area contributed by atoms with Crippen LogP contribution in [0, 0.1) is 0 Å². The highest BCUT2D eigenvalue weighted by molar-refractivity contribution is 9.10. The zero-order valence-corrected chi connectivity index (χ0v) is 29.6. The molecule has 5 aromatic rings. The number of benzene rings is 2. The Labute approximate surface area is 282 Å². The van der Waals surface area contributed by atoms with E-state index in [0.717, 1.165) is 59.4 Å². The van der Waals surface area contributed by atoms with Crippen molar-refractivity contribution in [2.45, 2.75) is 26.3 Å². The molecule has 12 nitrogen and oxygen atoms in total. The van der Waals surface area contributed by atoms with Gasteiger partial charge in [0.15, 0.2) is 0 Å². The minimum atomic E-state index is -2.78. The van der Waals surface area contributed by atoms with E-state index in [0.29, 0.717) is 51.6 Å². The first-order chi connectivity index (χ1) is 22.6. The Morgan fingerprint density at radius 2 is 1.74 bits per heavy atom. The molecule has 2 N–H and O–H groups in total. The summed E-state index contributed by atoms with van der Waals surface area (Å²) in [5.41, 5.74) is 7.28. The van der Waals surface area contributed by atoms with Gasteiger partial charge in [0.05, 0.1) is 40.0 Å². The first kappa shape index (κ1) is 31.5. The third-order valence-electron chi connectivity index (χ3n) is 9.14. The normalized spacial score (nSPS) is 16.1. The average molecular weight is 718 g/mol. The van der Waals surface area contributed by atoms with Crippen molar-refractivity contribution in [3.63, 3.8) is 0 Å². The molecule has 0 saturated carbocycles. The van der Waals surface area contributed by atoms with Crippen LogP contribution in [0.2, 0.25) is 0 Å². The van der Waals surface area contributed by atoms with Crippen LogP contribution in [-0.4, -0.2) is 86.8 Å². The Hall–Kier alpha value is -4.06. The molecular weight excluding hydrogens is 679 g/mol. The van der Waals surface area contributed by atoms with Gasteiger partial charge in [-0.3, -0.25) is 14.6 Å². The van der Waals surface area contributed by atoms with Crippen LogP contribution >= 0.6 is 23.1 Å². The highest BCUT2D eigenvalue weighted by atomic mass is 79.9. The van der Waals surface area contributed by atoms with Gasteiger partial charge in [0, 0.05) is 98.6 Å². The second kappa shape index (κ2) is 12.5. The Morgan fingerprint density at radius 3 is 2.51 bits per heavy atom. The lowest BCUT2D eigenvalue weighted by molar-refractivity contribution is 0.361. The Kier molecular flexibility index (Phi) is 8.40. The largest absolute Gasteiger partial charge is 0.494 e. The van der Waals surface area contributed by atoms with Gasteiger partial charge in [0.2, 0.25) is 5.95 Å². The molecule has 2 aliphatic rings. The van der Waals surface area contributed by atoms with E-state index >= 15 is 0 Å². The van der Waals surface area contributed by atoms with Crippen molar-refractivity contribution < 1.29 is 9.30 Å². The monoisotopic (exact) mass is 716 g/mol. The van der Waals surface area contributed by atoms with Crippen molar-refractivity contribution in [3.8, 4) is 16.9 Å². The lowest BCUT2D eigenvalue weighted by Gasteiger charge is -2.31. The summed E-state index contributed by atoms with van der Waals surface area (Å²) in [6.07, 6.45) is 9.01. The number of ether oxygens (including phenoxy) is 1. The number of rotatable bonds is 7. The van der Waals surface area contributed by atoms with Crippen molar-refractivity contribution in [1.29, 1.82) is 0 Å². The molecule has 0 aliphatic carbocycles. The zero-order valence-electron chi connectivity index (χ0n) is 27.2. The lowest BCUT2D eigenvalue weighted by Crippen LogP contribution is -2.35. The Morgan fingerprint density at radius 1 is 0.957 bits per heavy atom. The maximum atomic E-state index is 14.6. The second-order valence-electron chi connectivity index (χ2n) is 12.4. The fraction of sp³-hybridized carbons (Fsp3) is 0.364. The predicted octanol–water partition coefficient (Wildman–Crippen LogP) is 5.78. The summed E-state index contributed by atoms with van der Waals surface area (Å²) < 4.78 is 23.1. The fourth-order valence-electron chi connectivity index (χ4n) is 6.57. The van der Waals surface area contributed by atoms with E-state index in [1.165, 1.54) is 5.69 Å². The number of nitrogens with one attached hydrogen (secondary N) is 2. The van der Waals surface area contributed by atoms with Gasteiger partial charge in [-0.05, 0) is 55.0 Å². The molecule has 2 aliphatic heterocycles. The number of fused-ring (bicyclic) bond motifs is 4. The number of aryl methyl sites for hydroxylation is 1. The van der Waals surface area contributed by atoms with Crippen LogP contribution in [0.3, 0.4) is 0 Å². The minimum absolute atomic E-state index is 0.305. The first-order valence-corrected chi connectivity index (χ1v) is 18.6. The summed E-state index contributed by atoms with van der Waals surface area (Å²) in [7, 11) is 2.95. The minimum Gasteiger partial charge on any atom is -0.494 e. The van der Waals surface area contributed by atoms with Gasteiger partial charge < -0.3 is 29.7 Å². The van der Waals surface area contributed by atoms with Gasteiger partial charge in [-0.2, -0.15) is 10.1 Å². The number of methoxy groups -OCH3 is 1. The van der Waals surface area contributed by atoms with Crippen LogP contribution in [0.5, 0.6) is 5.75 Å². The molecule has 5 heterocycles. The Balaban J connectivity index is 1.27. The van der Waals surface area contributed by atoms with Crippen molar-refractivity contribution in [1.82, 2.24) is 34.6 Å². The van der Waals surface area contributed by atoms with E-state index in [1.807, 2.05) is 30.1 Å². The molecule has 0 unspecified atom stereocenters. The number of nitrogens with zero attached hydrogens (tertiary/aromatic N) is 8. The van der Waals surface area contributed by atoms with E-state index in [-0.39, 0.29) is 0 Å². The number of anilines is 5. The molecular formula is C33H38BrN10O2P. The summed E-state index contributed by atoms with van der Waals surface area (Å²) >= 11 is 3.63. The third-order valence-corrected chi connectivity index (χ3v) is 12.8. The van der Waals surface area contributed by atoms with Crippen LogP contribution < -0.4 is 25.6 Å². The van der Waals surface area contributed by atoms with Gasteiger partial charge >= 0.3 is 0 Å². The van der Waals surface area contributed by atoms with Crippen molar-refractivity contribution in [2.24, 2.45) is 7.05 Å². The molecule has 1 fully saturated rings. The van der Waals surface area contributed by atoms with E-state index in [1.54, 1.807) is 25.7 Å². The molecule has 0 bridgehead atoms. The molecule has 3 aromatic heterocycles. The van der Waals surface area contributed by atoms with Gasteiger partial charge in [0.1, 0.15) is 24.2 Å². The molecule has 2 aromatic carbocycles. The first-order valence-electron chi connectivity index (χ1n) is 15.7. The Bertz CT molecular complexity index is 2020. The maximum absolute atomic E-state index is 14.6. The van der Waals surface area contributed by atoms with Gasteiger partial charge in [-0.1, -0.05) is 0 Å². The SMILES string of the molecule is COc1cc2c(cc1Nc1ncc(Br)c(Nc3ccc4nccnc4c3P3(=O)CCN(C)CC3)n1)-c1cnn(C)c1CCN2C(C)C. The van der Waals surface area contributed by atoms with Crippen LogP contribution in [0.15, 0.2) is 53.5 Å². The standard InChI is InChI=1S/C33H38BrN10O2P/c1-20(2)44-11-8-27-22(18-38-43(27)4)21-16-26(29(46-5)17-28(21)44)40-33-37-19-23(34)32(41-33)39-25-7-6-24-30(36-10-9-35-24)31(25)47(45)14-12-42(3)13-15-47/h6-7,9-10,16-20H,8,11-15H2,1-5H3,(H2,37,39,40,41). The van der Waals surface area contributed by atoms with Crippen molar-refractivity contribution >= 4 is 68.2 Å². The summed E-state index contributed by atoms with van der Waals surface area (Å²) in [6, 6.07) is 8.31. The maximum Gasteiger partial charge on any atom is 0.229 e. The summed E-state index contributed by atoms with van der Waals surface area (Å²) in [6.45, 7) is 6.81.